The lowest BCUT2D eigenvalue weighted by Gasteiger charge is -2.09. The van der Waals surface area contributed by atoms with Gasteiger partial charge in [0.05, 0.1) is 5.02 Å². The second-order valence-electron chi connectivity index (χ2n) is 3.58. The van der Waals surface area contributed by atoms with Gasteiger partial charge in [-0.1, -0.05) is 29.8 Å². The van der Waals surface area contributed by atoms with Crippen LogP contribution in [-0.4, -0.2) is 0 Å². The fraction of sp³-hybridized carbons (Fsp3) is 0.0769. The predicted octanol–water partition coefficient (Wildman–Crippen LogP) is 5.32. The maximum absolute atomic E-state index is 5.95. The Morgan fingerprint density at radius 3 is 2.65 bits per heavy atom. The molecule has 0 spiro atoms. The highest BCUT2D eigenvalue weighted by molar-refractivity contribution is 14.1. The molecule has 0 aliphatic heterocycles. The van der Waals surface area contributed by atoms with Gasteiger partial charge in [-0.3, -0.25) is 0 Å². The molecule has 0 atom stereocenters. The molecule has 0 aliphatic rings. The average Bonchev–Trinajstić information content (AvgIpc) is 2.32. The van der Waals surface area contributed by atoms with Crippen molar-refractivity contribution in [2.75, 3.05) is 5.32 Å². The number of halogens is 3. The van der Waals surface area contributed by atoms with Crippen LogP contribution < -0.4 is 5.32 Å². The van der Waals surface area contributed by atoms with Gasteiger partial charge < -0.3 is 5.32 Å². The van der Waals surface area contributed by atoms with Crippen molar-refractivity contribution in [1.29, 1.82) is 0 Å². The lowest BCUT2D eigenvalue weighted by Crippen LogP contribution is -2.00. The van der Waals surface area contributed by atoms with E-state index in [1.807, 2.05) is 30.3 Å². The fourth-order valence-electron chi connectivity index (χ4n) is 1.45. The quantitative estimate of drug-likeness (QED) is 0.661. The van der Waals surface area contributed by atoms with Crippen LogP contribution in [0.1, 0.15) is 5.56 Å². The molecule has 0 amide bonds. The van der Waals surface area contributed by atoms with Gasteiger partial charge in [-0.25, -0.2) is 0 Å². The zero-order chi connectivity index (χ0) is 12.3. The first-order valence-corrected chi connectivity index (χ1v) is 7.34. The third-order valence-corrected chi connectivity index (χ3v) is 4.50. The van der Waals surface area contributed by atoms with Gasteiger partial charge in [-0.15, -0.1) is 0 Å². The number of para-hydroxylation sites is 1. The van der Waals surface area contributed by atoms with Crippen molar-refractivity contribution >= 4 is 55.8 Å². The topological polar surface area (TPSA) is 12.0 Å². The number of anilines is 1. The molecule has 1 N–H and O–H groups in total. The lowest BCUT2D eigenvalue weighted by atomic mass is 10.2. The Bertz CT molecular complexity index is 531. The Labute approximate surface area is 128 Å². The Morgan fingerprint density at radius 1 is 1.18 bits per heavy atom. The van der Waals surface area contributed by atoms with E-state index in [0.717, 1.165) is 21.7 Å². The van der Waals surface area contributed by atoms with Crippen molar-refractivity contribution in [1.82, 2.24) is 0 Å². The second-order valence-corrected chi connectivity index (χ2v) is 6.01. The highest BCUT2D eigenvalue weighted by atomic mass is 127. The smallest absolute Gasteiger partial charge is 0.0548 e. The molecule has 0 aromatic heterocycles. The minimum atomic E-state index is 0.739. The largest absolute Gasteiger partial charge is 0.380 e. The van der Waals surface area contributed by atoms with E-state index in [9.17, 15) is 0 Å². The van der Waals surface area contributed by atoms with Crippen molar-refractivity contribution in [2.45, 2.75) is 6.54 Å². The van der Waals surface area contributed by atoms with Crippen molar-refractivity contribution < 1.29 is 0 Å². The van der Waals surface area contributed by atoms with E-state index in [4.69, 9.17) is 11.6 Å². The molecule has 0 aliphatic carbocycles. The number of hydrogen-bond donors (Lipinski definition) is 1. The van der Waals surface area contributed by atoms with Gasteiger partial charge in [-0.05, 0) is 68.3 Å². The molecule has 0 saturated heterocycles. The standard InChI is InChI=1S/C13H10BrClIN/c14-10-7-9(5-6-11(10)15)8-17-13-4-2-1-3-12(13)16/h1-7,17H,8H2. The number of benzene rings is 2. The normalized spacial score (nSPS) is 10.3. The Morgan fingerprint density at radius 2 is 1.94 bits per heavy atom. The molecular weight excluding hydrogens is 412 g/mol. The SMILES string of the molecule is Clc1ccc(CNc2ccccc2I)cc1Br. The summed E-state index contributed by atoms with van der Waals surface area (Å²) in [4.78, 5) is 0. The van der Waals surface area contributed by atoms with Crippen LogP contribution in [0.5, 0.6) is 0 Å². The molecule has 2 aromatic carbocycles. The minimum Gasteiger partial charge on any atom is -0.380 e. The zero-order valence-electron chi connectivity index (χ0n) is 8.88. The van der Waals surface area contributed by atoms with E-state index in [-0.39, 0.29) is 0 Å². The maximum Gasteiger partial charge on any atom is 0.0548 e. The number of rotatable bonds is 3. The van der Waals surface area contributed by atoms with Crippen LogP contribution in [0.25, 0.3) is 0 Å². The van der Waals surface area contributed by atoms with Gasteiger partial charge in [-0.2, -0.15) is 0 Å². The lowest BCUT2D eigenvalue weighted by molar-refractivity contribution is 1.14. The molecule has 0 saturated carbocycles. The molecule has 0 radical (unpaired) electrons. The van der Waals surface area contributed by atoms with E-state index in [1.54, 1.807) is 0 Å². The van der Waals surface area contributed by atoms with Crippen LogP contribution >= 0.6 is 50.1 Å². The first-order chi connectivity index (χ1) is 8.16. The first-order valence-electron chi connectivity index (χ1n) is 5.09. The van der Waals surface area contributed by atoms with Gasteiger partial charge in [0, 0.05) is 20.3 Å². The molecule has 4 heteroatoms. The van der Waals surface area contributed by atoms with E-state index in [1.165, 1.54) is 9.13 Å². The summed E-state index contributed by atoms with van der Waals surface area (Å²) >= 11 is 11.7. The predicted molar refractivity (Wildman–Crippen MR) is 85.6 cm³/mol. The summed E-state index contributed by atoms with van der Waals surface area (Å²) in [6.07, 6.45) is 0. The van der Waals surface area contributed by atoms with Gasteiger partial charge in [0.2, 0.25) is 0 Å². The fourth-order valence-corrected chi connectivity index (χ4v) is 2.57. The summed E-state index contributed by atoms with van der Waals surface area (Å²) in [6.45, 7) is 0.787. The summed E-state index contributed by atoms with van der Waals surface area (Å²) in [5.74, 6) is 0. The first kappa shape index (κ1) is 13.2. The summed E-state index contributed by atoms with van der Waals surface area (Å²) in [5.41, 5.74) is 2.35. The molecule has 0 bridgehead atoms. The van der Waals surface area contributed by atoms with Crippen molar-refractivity contribution in [3.8, 4) is 0 Å². The van der Waals surface area contributed by atoms with Gasteiger partial charge in [0.1, 0.15) is 0 Å². The summed E-state index contributed by atoms with van der Waals surface area (Å²) in [7, 11) is 0. The molecule has 2 aromatic rings. The van der Waals surface area contributed by atoms with Crippen LogP contribution in [0, 0.1) is 3.57 Å². The van der Waals surface area contributed by atoms with E-state index in [2.05, 4.69) is 56.0 Å². The molecule has 1 nitrogen and oxygen atoms in total. The van der Waals surface area contributed by atoms with Crippen molar-refractivity contribution in [3.05, 3.63) is 61.1 Å². The maximum atomic E-state index is 5.95. The molecule has 2 rings (SSSR count). The average molecular weight is 422 g/mol. The number of hydrogen-bond acceptors (Lipinski definition) is 1. The zero-order valence-corrected chi connectivity index (χ0v) is 13.4. The monoisotopic (exact) mass is 421 g/mol. The van der Waals surface area contributed by atoms with Crippen molar-refractivity contribution in [3.63, 3.8) is 0 Å². The summed E-state index contributed by atoms with van der Waals surface area (Å²) in [5, 5.41) is 4.14. The van der Waals surface area contributed by atoms with Crippen LogP contribution in [-0.2, 0) is 6.54 Å². The van der Waals surface area contributed by atoms with Crippen LogP contribution in [0.15, 0.2) is 46.9 Å². The van der Waals surface area contributed by atoms with Gasteiger partial charge >= 0.3 is 0 Å². The molecule has 17 heavy (non-hydrogen) atoms. The number of nitrogens with one attached hydrogen (secondary N) is 1. The Kier molecular flexibility index (Phi) is 4.70. The van der Waals surface area contributed by atoms with Gasteiger partial charge in [0.25, 0.3) is 0 Å². The Hall–Kier alpha value is -0.260. The third-order valence-electron chi connectivity index (χ3n) is 2.34. The highest BCUT2D eigenvalue weighted by Gasteiger charge is 2.01. The second kappa shape index (κ2) is 6.07. The van der Waals surface area contributed by atoms with Crippen LogP contribution in [0.3, 0.4) is 0 Å². The van der Waals surface area contributed by atoms with E-state index >= 15 is 0 Å². The summed E-state index contributed by atoms with van der Waals surface area (Å²) in [6, 6.07) is 14.2. The molecule has 88 valence electrons. The van der Waals surface area contributed by atoms with Crippen LogP contribution in [0.2, 0.25) is 5.02 Å². The third kappa shape index (κ3) is 3.60. The van der Waals surface area contributed by atoms with E-state index < -0.39 is 0 Å². The Balaban J connectivity index is 2.08. The highest BCUT2D eigenvalue weighted by Crippen LogP contribution is 2.24. The minimum absolute atomic E-state index is 0.739. The molecule has 0 unspecified atom stereocenters. The van der Waals surface area contributed by atoms with Crippen molar-refractivity contribution in [2.24, 2.45) is 0 Å². The van der Waals surface area contributed by atoms with Crippen LogP contribution in [0.4, 0.5) is 5.69 Å². The molecule has 0 heterocycles. The van der Waals surface area contributed by atoms with Gasteiger partial charge in [0.15, 0.2) is 0 Å². The summed E-state index contributed by atoms with van der Waals surface area (Å²) < 4.78 is 2.15. The van der Waals surface area contributed by atoms with E-state index in [0.29, 0.717) is 0 Å². The molecular formula is C13H10BrClIN. The molecule has 0 fully saturated rings.